The molecule has 0 aromatic heterocycles. The van der Waals surface area contributed by atoms with Crippen molar-refractivity contribution >= 4 is 21.6 Å². The maximum absolute atomic E-state index is 12.5. The second kappa shape index (κ2) is 6.52. The fourth-order valence-electron chi connectivity index (χ4n) is 2.55. The van der Waals surface area contributed by atoms with Gasteiger partial charge in [0.25, 0.3) is 0 Å². The summed E-state index contributed by atoms with van der Waals surface area (Å²) >= 11 is 5.99. The van der Waals surface area contributed by atoms with Crippen molar-refractivity contribution in [2.45, 2.75) is 43.7 Å². The molecule has 1 aliphatic carbocycles. The SMILES string of the molecule is CCCC1CC1NS(=O)(=O)c1cc(Cl)cc(CN)c1OC. The minimum absolute atomic E-state index is 0.0139. The Balaban J connectivity index is 2.30. The lowest BCUT2D eigenvalue weighted by atomic mass is 10.2. The van der Waals surface area contributed by atoms with Gasteiger partial charge in [-0.3, -0.25) is 0 Å². The highest BCUT2D eigenvalue weighted by molar-refractivity contribution is 7.89. The molecule has 0 saturated heterocycles. The second-order valence-corrected chi connectivity index (χ2v) is 7.43. The van der Waals surface area contributed by atoms with Crippen molar-refractivity contribution in [2.75, 3.05) is 7.11 Å². The highest BCUT2D eigenvalue weighted by Crippen LogP contribution is 2.37. The van der Waals surface area contributed by atoms with Crippen LogP contribution in [0.25, 0.3) is 0 Å². The smallest absolute Gasteiger partial charge is 0.244 e. The zero-order valence-electron chi connectivity index (χ0n) is 12.2. The predicted octanol–water partition coefficient (Wildman–Crippen LogP) is 2.27. The van der Waals surface area contributed by atoms with Gasteiger partial charge in [-0.1, -0.05) is 24.9 Å². The van der Waals surface area contributed by atoms with E-state index in [-0.39, 0.29) is 23.2 Å². The number of methoxy groups -OCH3 is 1. The van der Waals surface area contributed by atoms with E-state index >= 15 is 0 Å². The molecule has 3 N–H and O–H groups in total. The highest BCUT2D eigenvalue weighted by Gasteiger charge is 2.40. The fraction of sp³-hybridized carbons (Fsp3) is 0.571. The third kappa shape index (κ3) is 3.69. The van der Waals surface area contributed by atoms with Gasteiger partial charge in [-0.05, 0) is 30.9 Å². The molecule has 21 heavy (non-hydrogen) atoms. The number of rotatable bonds is 7. The average Bonchev–Trinajstić information content (AvgIpc) is 3.15. The van der Waals surface area contributed by atoms with Crippen molar-refractivity contribution < 1.29 is 13.2 Å². The van der Waals surface area contributed by atoms with Crippen LogP contribution in [0.2, 0.25) is 5.02 Å². The summed E-state index contributed by atoms with van der Waals surface area (Å²) in [6.45, 7) is 2.26. The monoisotopic (exact) mass is 332 g/mol. The molecule has 1 aromatic rings. The molecule has 2 unspecified atom stereocenters. The van der Waals surface area contributed by atoms with Crippen LogP contribution in [-0.4, -0.2) is 21.6 Å². The Labute approximate surface area is 130 Å². The summed E-state index contributed by atoms with van der Waals surface area (Å²) in [5, 5.41) is 0.331. The van der Waals surface area contributed by atoms with E-state index in [2.05, 4.69) is 11.6 Å². The Hall–Kier alpha value is -0.820. The molecule has 1 aliphatic rings. The summed E-state index contributed by atoms with van der Waals surface area (Å²) in [6, 6.07) is 3.04. The number of hydrogen-bond donors (Lipinski definition) is 2. The van der Waals surface area contributed by atoms with Crippen LogP contribution < -0.4 is 15.2 Å². The quantitative estimate of drug-likeness (QED) is 0.802. The maximum atomic E-state index is 12.5. The maximum Gasteiger partial charge on any atom is 0.244 e. The first-order valence-electron chi connectivity index (χ1n) is 7.01. The molecular weight excluding hydrogens is 312 g/mol. The molecule has 0 spiro atoms. The van der Waals surface area contributed by atoms with Crippen molar-refractivity contribution in [1.82, 2.24) is 4.72 Å². The molecular formula is C14H21ClN2O3S. The predicted molar refractivity (Wildman–Crippen MR) is 83.0 cm³/mol. The van der Waals surface area contributed by atoms with E-state index in [0.717, 1.165) is 19.3 Å². The average molecular weight is 333 g/mol. The van der Waals surface area contributed by atoms with Crippen molar-refractivity contribution in [3.8, 4) is 5.75 Å². The number of halogens is 1. The summed E-state index contributed by atoms with van der Waals surface area (Å²) in [5.41, 5.74) is 6.20. The number of hydrogen-bond acceptors (Lipinski definition) is 4. The van der Waals surface area contributed by atoms with Gasteiger partial charge < -0.3 is 10.5 Å². The minimum atomic E-state index is -3.66. The van der Waals surface area contributed by atoms with Crippen LogP contribution in [0.15, 0.2) is 17.0 Å². The van der Waals surface area contributed by atoms with Gasteiger partial charge in [0.05, 0.1) is 7.11 Å². The van der Waals surface area contributed by atoms with E-state index in [1.165, 1.54) is 13.2 Å². The Bertz CT molecular complexity index is 619. The van der Waals surface area contributed by atoms with Crippen molar-refractivity contribution in [1.29, 1.82) is 0 Å². The number of ether oxygens (including phenoxy) is 1. The molecule has 2 atom stereocenters. The van der Waals surface area contributed by atoms with E-state index in [9.17, 15) is 8.42 Å². The van der Waals surface area contributed by atoms with Crippen LogP contribution in [-0.2, 0) is 16.6 Å². The van der Waals surface area contributed by atoms with Gasteiger partial charge >= 0.3 is 0 Å². The van der Waals surface area contributed by atoms with Crippen LogP contribution in [0.3, 0.4) is 0 Å². The molecule has 2 rings (SSSR count). The van der Waals surface area contributed by atoms with Crippen LogP contribution in [0, 0.1) is 5.92 Å². The summed E-state index contributed by atoms with van der Waals surface area (Å²) in [7, 11) is -2.23. The molecule has 5 nitrogen and oxygen atoms in total. The van der Waals surface area contributed by atoms with Gasteiger partial charge in [-0.15, -0.1) is 0 Å². The summed E-state index contributed by atoms with van der Waals surface area (Å²) in [4.78, 5) is 0.0556. The topological polar surface area (TPSA) is 81.4 Å². The second-order valence-electron chi connectivity index (χ2n) is 5.31. The van der Waals surface area contributed by atoms with E-state index in [1.807, 2.05) is 0 Å². The van der Waals surface area contributed by atoms with E-state index in [1.54, 1.807) is 6.07 Å². The third-order valence-corrected chi connectivity index (χ3v) is 5.41. The highest BCUT2D eigenvalue weighted by atomic mass is 35.5. The van der Waals surface area contributed by atoms with Gasteiger partial charge in [0, 0.05) is 23.2 Å². The minimum Gasteiger partial charge on any atom is -0.495 e. The van der Waals surface area contributed by atoms with Crippen molar-refractivity contribution in [2.24, 2.45) is 11.7 Å². The number of nitrogens with one attached hydrogen (secondary N) is 1. The van der Waals surface area contributed by atoms with Crippen molar-refractivity contribution in [3.05, 3.63) is 22.7 Å². The summed E-state index contributed by atoms with van der Waals surface area (Å²) in [6.07, 6.45) is 2.98. The molecule has 118 valence electrons. The first-order chi connectivity index (χ1) is 9.92. The molecule has 1 fully saturated rings. The molecule has 0 radical (unpaired) electrons. The first kappa shape index (κ1) is 16.5. The molecule has 1 aromatic carbocycles. The van der Waals surface area contributed by atoms with Gasteiger partial charge in [0.2, 0.25) is 10.0 Å². The van der Waals surface area contributed by atoms with Crippen LogP contribution >= 0.6 is 11.6 Å². The molecule has 0 amide bonds. The lowest BCUT2D eigenvalue weighted by Gasteiger charge is -2.14. The molecule has 0 bridgehead atoms. The third-order valence-electron chi connectivity index (χ3n) is 3.70. The standard InChI is InChI=1S/C14H21ClN2O3S/c1-3-4-9-6-12(9)17-21(18,19)13-7-11(15)5-10(8-16)14(13)20-2/h5,7,9,12,17H,3-4,6,8,16H2,1-2H3. The van der Waals surface area contributed by atoms with Crippen LogP contribution in [0.4, 0.5) is 0 Å². The first-order valence-corrected chi connectivity index (χ1v) is 8.87. The molecule has 7 heteroatoms. The summed E-state index contributed by atoms with van der Waals surface area (Å²) < 4.78 is 33.0. The van der Waals surface area contributed by atoms with Gasteiger partial charge in [0.1, 0.15) is 10.6 Å². The van der Waals surface area contributed by atoms with Crippen LogP contribution in [0.1, 0.15) is 31.7 Å². The molecule has 1 saturated carbocycles. The van der Waals surface area contributed by atoms with E-state index < -0.39 is 10.0 Å². The summed E-state index contributed by atoms with van der Waals surface area (Å²) in [5.74, 6) is 0.700. The molecule has 0 aliphatic heterocycles. The number of benzene rings is 1. The van der Waals surface area contributed by atoms with Crippen molar-refractivity contribution in [3.63, 3.8) is 0 Å². The number of sulfonamides is 1. The largest absolute Gasteiger partial charge is 0.495 e. The number of nitrogens with two attached hydrogens (primary N) is 1. The molecule has 0 heterocycles. The lowest BCUT2D eigenvalue weighted by Crippen LogP contribution is -2.27. The van der Waals surface area contributed by atoms with E-state index in [4.69, 9.17) is 22.1 Å². The Morgan fingerprint density at radius 3 is 2.76 bits per heavy atom. The normalized spacial score (nSPS) is 21.3. The Kier molecular flexibility index (Phi) is 5.14. The van der Waals surface area contributed by atoms with E-state index in [0.29, 0.717) is 16.5 Å². The lowest BCUT2D eigenvalue weighted by molar-refractivity contribution is 0.397. The zero-order chi connectivity index (χ0) is 15.6. The zero-order valence-corrected chi connectivity index (χ0v) is 13.8. The van der Waals surface area contributed by atoms with Crippen LogP contribution in [0.5, 0.6) is 5.75 Å². The van der Waals surface area contributed by atoms with Gasteiger partial charge in [-0.2, -0.15) is 0 Å². The Morgan fingerprint density at radius 1 is 1.48 bits per heavy atom. The van der Waals surface area contributed by atoms with Gasteiger partial charge in [-0.25, -0.2) is 13.1 Å². The van der Waals surface area contributed by atoms with Gasteiger partial charge in [0.15, 0.2) is 0 Å². The fourth-order valence-corrected chi connectivity index (χ4v) is 4.41. The Morgan fingerprint density at radius 2 is 2.19 bits per heavy atom.